The summed E-state index contributed by atoms with van der Waals surface area (Å²) in [5, 5.41) is 0. The van der Waals surface area contributed by atoms with Crippen LogP contribution < -0.4 is 5.73 Å². The van der Waals surface area contributed by atoms with Crippen LogP contribution in [0, 0.1) is 0 Å². The highest BCUT2D eigenvalue weighted by Crippen LogP contribution is 2.28. The summed E-state index contributed by atoms with van der Waals surface area (Å²) in [6.45, 7) is 2.86. The van der Waals surface area contributed by atoms with Crippen LogP contribution in [0.2, 0.25) is 0 Å². The Morgan fingerprint density at radius 1 is 1.18 bits per heavy atom. The van der Waals surface area contributed by atoms with E-state index in [1.165, 1.54) is 16.7 Å². The minimum Gasteiger partial charge on any atom is -0.398 e. The lowest BCUT2D eigenvalue weighted by molar-refractivity contribution is 0.275. The molecular weight excluding hydrogens is 210 g/mol. The second-order valence-corrected chi connectivity index (χ2v) is 4.49. The molecule has 86 valence electrons. The first-order valence-electron chi connectivity index (χ1n) is 5.80. The fourth-order valence-electron chi connectivity index (χ4n) is 2.38. The van der Waals surface area contributed by atoms with Gasteiger partial charge in [0, 0.05) is 37.7 Å². The SMILES string of the molecule is Nc1cccc2c1CN(Cc1cccnc1)C2. The predicted molar refractivity (Wildman–Crippen MR) is 68.0 cm³/mol. The molecule has 1 aliphatic heterocycles. The second kappa shape index (κ2) is 4.18. The first kappa shape index (κ1) is 10.3. The van der Waals surface area contributed by atoms with Gasteiger partial charge in [0.25, 0.3) is 0 Å². The summed E-state index contributed by atoms with van der Waals surface area (Å²) >= 11 is 0. The number of anilines is 1. The van der Waals surface area contributed by atoms with Gasteiger partial charge in [-0.25, -0.2) is 0 Å². The van der Waals surface area contributed by atoms with Crippen molar-refractivity contribution in [3.63, 3.8) is 0 Å². The largest absolute Gasteiger partial charge is 0.398 e. The Bertz CT molecular complexity index is 522. The van der Waals surface area contributed by atoms with E-state index in [4.69, 9.17) is 5.73 Å². The Morgan fingerprint density at radius 3 is 2.88 bits per heavy atom. The lowest BCUT2D eigenvalue weighted by atomic mass is 10.1. The molecule has 0 unspecified atom stereocenters. The average Bonchev–Trinajstić information content (AvgIpc) is 2.74. The van der Waals surface area contributed by atoms with Gasteiger partial charge in [-0.05, 0) is 28.8 Å². The highest BCUT2D eigenvalue weighted by Gasteiger charge is 2.20. The van der Waals surface area contributed by atoms with E-state index in [9.17, 15) is 0 Å². The van der Waals surface area contributed by atoms with Crippen LogP contribution in [-0.4, -0.2) is 9.88 Å². The Morgan fingerprint density at radius 2 is 2.12 bits per heavy atom. The summed E-state index contributed by atoms with van der Waals surface area (Å²) in [7, 11) is 0. The standard InChI is InChI=1S/C14H15N3/c15-14-5-1-4-12-9-17(10-13(12)14)8-11-3-2-6-16-7-11/h1-7H,8-10,15H2. The van der Waals surface area contributed by atoms with Crippen molar-refractivity contribution < 1.29 is 0 Å². The third kappa shape index (κ3) is 2.01. The minimum atomic E-state index is 0.913. The van der Waals surface area contributed by atoms with Crippen LogP contribution in [0.1, 0.15) is 16.7 Å². The Hall–Kier alpha value is -1.87. The summed E-state index contributed by atoms with van der Waals surface area (Å²) < 4.78 is 0. The van der Waals surface area contributed by atoms with E-state index in [-0.39, 0.29) is 0 Å². The number of aromatic nitrogens is 1. The number of nitrogens with zero attached hydrogens (tertiary/aromatic N) is 2. The topological polar surface area (TPSA) is 42.1 Å². The van der Waals surface area contributed by atoms with Crippen molar-refractivity contribution in [1.29, 1.82) is 0 Å². The van der Waals surface area contributed by atoms with Gasteiger partial charge in [-0.2, -0.15) is 0 Å². The number of hydrogen-bond donors (Lipinski definition) is 1. The summed E-state index contributed by atoms with van der Waals surface area (Å²) in [5.41, 5.74) is 10.8. The smallest absolute Gasteiger partial charge is 0.0363 e. The molecule has 0 fully saturated rings. The fourth-order valence-corrected chi connectivity index (χ4v) is 2.38. The normalized spacial score (nSPS) is 14.8. The number of pyridine rings is 1. The Labute approximate surface area is 101 Å². The zero-order chi connectivity index (χ0) is 11.7. The van der Waals surface area contributed by atoms with Crippen molar-refractivity contribution in [2.75, 3.05) is 5.73 Å². The van der Waals surface area contributed by atoms with Crippen LogP contribution in [0.5, 0.6) is 0 Å². The average molecular weight is 225 g/mol. The van der Waals surface area contributed by atoms with E-state index < -0.39 is 0 Å². The molecule has 3 nitrogen and oxygen atoms in total. The van der Waals surface area contributed by atoms with Gasteiger partial charge in [0.05, 0.1) is 0 Å². The third-order valence-corrected chi connectivity index (χ3v) is 3.21. The van der Waals surface area contributed by atoms with Crippen LogP contribution in [0.15, 0.2) is 42.7 Å². The molecule has 0 spiro atoms. The van der Waals surface area contributed by atoms with Gasteiger partial charge in [0.2, 0.25) is 0 Å². The van der Waals surface area contributed by atoms with E-state index in [0.717, 1.165) is 25.3 Å². The molecule has 0 bridgehead atoms. The minimum absolute atomic E-state index is 0.913. The quantitative estimate of drug-likeness (QED) is 0.796. The summed E-state index contributed by atoms with van der Waals surface area (Å²) in [6.07, 6.45) is 3.73. The molecule has 17 heavy (non-hydrogen) atoms. The number of rotatable bonds is 2. The Kier molecular flexibility index (Phi) is 2.53. The van der Waals surface area contributed by atoms with Gasteiger partial charge in [-0.15, -0.1) is 0 Å². The molecule has 2 aromatic rings. The van der Waals surface area contributed by atoms with Crippen molar-refractivity contribution in [2.24, 2.45) is 0 Å². The first-order valence-corrected chi connectivity index (χ1v) is 5.80. The van der Waals surface area contributed by atoms with Crippen molar-refractivity contribution in [3.05, 3.63) is 59.4 Å². The zero-order valence-corrected chi connectivity index (χ0v) is 9.63. The lowest BCUT2D eigenvalue weighted by Crippen LogP contribution is -2.15. The van der Waals surface area contributed by atoms with Gasteiger partial charge >= 0.3 is 0 Å². The molecule has 3 heteroatoms. The van der Waals surface area contributed by atoms with Crippen LogP contribution in [0.25, 0.3) is 0 Å². The summed E-state index contributed by atoms with van der Waals surface area (Å²) in [4.78, 5) is 6.53. The van der Waals surface area contributed by atoms with Gasteiger partial charge in [-0.1, -0.05) is 18.2 Å². The number of fused-ring (bicyclic) bond motifs is 1. The van der Waals surface area contributed by atoms with Crippen LogP contribution in [0.4, 0.5) is 5.69 Å². The van der Waals surface area contributed by atoms with Crippen LogP contribution in [0.3, 0.4) is 0 Å². The molecule has 3 rings (SSSR count). The number of hydrogen-bond acceptors (Lipinski definition) is 3. The van der Waals surface area contributed by atoms with Crippen LogP contribution in [-0.2, 0) is 19.6 Å². The van der Waals surface area contributed by atoms with E-state index in [1.807, 2.05) is 24.4 Å². The van der Waals surface area contributed by atoms with Gasteiger partial charge in [0.15, 0.2) is 0 Å². The molecule has 2 heterocycles. The van der Waals surface area contributed by atoms with E-state index in [1.54, 1.807) is 6.20 Å². The van der Waals surface area contributed by atoms with Gasteiger partial charge in [0.1, 0.15) is 0 Å². The van der Waals surface area contributed by atoms with Crippen molar-refractivity contribution >= 4 is 5.69 Å². The highest BCUT2D eigenvalue weighted by molar-refractivity contribution is 5.52. The molecule has 0 amide bonds. The maximum absolute atomic E-state index is 5.99. The fraction of sp³-hybridized carbons (Fsp3) is 0.214. The molecule has 0 aliphatic carbocycles. The molecule has 0 saturated carbocycles. The lowest BCUT2D eigenvalue weighted by Gasteiger charge is -2.14. The van der Waals surface area contributed by atoms with E-state index in [0.29, 0.717) is 0 Å². The molecule has 1 aliphatic rings. The summed E-state index contributed by atoms with van der Waals surface area (Å²) in [6, 6.07) is 10.3. The van der Waals surface area contributed by atoms with Crippen molar-refractivity contribution in [2.45, 2.75) is 19.6 Å². The van der Waals surface area contributed by atoms with E-state index >= 15 is 0 Å². The van der Waals surface area contributed by atoms with Crippen molar-refractivity contribution in [3.8, 4) is 0 Å². The number of nitrogens with two attached hydrogens (primary N) is 1. The van der Waals surface area contributed by atoms with E-state index in [2.05, 4.69) is 22.0 Å². The first-order chi connectivity index (χ1) is 8.33. The maximum Gasteiger partial charge on any atom is 0.0363 e. The zero-order valence-electron chi connectivity index (χ0n) is 9.63. The molecule has 0 atom stereocenters. The predicted octanol–water partition coefficient (Wildman–Crippen LogP) is 2.18. The monoisotopic (exact) mass is 225 g/mol. The molecule has 2 N–H and O–H groups in total. The second-order valence-electron chi connectivity index (χ2n) is 4.49. The molecule has 1 aromatic heterocycles. The maximum atomic E-state index is 5.99. The van der Waals surface area contributed by atoms with Gasteiger partial charge in [-0.3, -0.25) is 9.88 Å². The highest BCUT2D eigenvalue weighted by atomic mass is 15.1. The molecule has 1 aromatic carbocycles. The van der Waals surface area contributed by atoms with Crippen LogP contribution >= 0.6 is 0 Å². The third-order valence-electron chi connectivity index (χ3n) is 3.21. The number of benzene rings is 1. The summed E-state index contributed by atoms with van der Waals surface area (Å²) in [5.74, 6) is 0. The Balaban J connectivity index is 1.77. The number of nitrogen functional groups attached to an aromatic ring is 1. The van der Waals surface area contributed by atoms with Gasteiger partial charge < -0.3 is 5.73 Å². The molecule has 0 saturated heterocycles. The molecular formula is C14H15N3. The van der Waals surface area contributed by atoms with Crippen molar-refractivity contribution in [1.82, 2.24) is 9.88 Å². The molecule has 0 radical (unpaired) electrons.